The van der Waals surface area contributed by atoms with E-state index in [-0.39, 0.29) is 5.63 Å². The first kappa shape index (κ1) is 18.6. The lowest BCUT2D eigenvalue weighted by molar-refractivity contribution is 0.250. The topological polar surface area (TPSA) is 45.9 Å². The smallest absolute Gasteiger partial charge is 0.336 e. The first-order chi connectivity index (χ1) is 13.7. The minimum atomic E-state index is -0.272. The van der Waals surface area contributed by atoms with E-state index in [2.05, 4.69) is 41.0 Å². The molecular formula is C23H26N2O3. The van der Waals surface area contributed by atoms with Crippen LogP contribution in [0.3, 0.4) is 0 Å². The molecule has 0 bridgehead atoms. The second-order valence-corrected chi connectivity index (χ2v) is 7.24. The number of fused-ring (bicyclic) bond motifs is 1. The zero-order valence-corrected chi connectivity index (χ0v) is 16.5. The number of benzene rings is 2. The van der Waals surface area contributed by atoms with Crippen molar-refractivity contribution in [1.29, 1.82) is 0 Å². The number of hydrogen-bond acceptors (Lipinski definition) is 5. The van der Waals surface area contributed by atoms with E-state index >= 15 is 0 Å². The lowest BCUT2D eigenvalue weighted by Gasteiger charge is -2.36. The molecule has 0 spiro atoms. The SMILES string of the molecule is CCc1ccc2c(CN3CCN(c4cccc(OC)c4)CC3)cc(=O)oc2c1. The third-order valence-electron chi connectivity index (χ3n) is 5.49. The standard InChI is InChI=1S/C23H26N2O3/c1-3-17-7-8-21-18(14-23(26)28-22(21)13-17)16-24-9-11-25(12-10-24)19-5-4-6-20(15-19)27-2/h4-8,13-15H,3,9-12,16H2,1-2H3. The molecule has 3 aromatic rings. The molecule has 1 aliphatic rings. The van der Waals surface area contributed by atoms with Gasteiger partial charge < -0.3 is 14.1 Å². The molecule has 146 valence electrons. The van der Waals surface area contributed by atoms with Crippen LogP contribution >= 0.6 is 0 Å². The van der Waals surface area contributed by atoms with Gasteiger partial charge in [-0.3, -0.25) is 4.90 Å². The molecule has 0 aliphatic carbocycles. The monoisotopic (exact) mass is 378 g/mol. The zero-order valence-electron chi connectivity index (χ0n) is 16.5. The van der Waals surface area contributed by atoms with Gasteiger partial charge in [0.2, 0.25) is 0 Å². The molecule has 4 rings (SSSR count). The van der Waals surface area contributed by atoms with Crippen molar-refractivity contribution in [2.24, 2.45) is 0 Å². The van der Waals surface area contributed by atoms with E-state index in [9.17, 15) is 4.79 Å². The van der Waals surface area contributed by atoms with Crippen LogP contribution < -0.4 is 15.3 Å². The number of nitrogens with zero attached hydrogens (tertiary/aromatic N) is 2. The molecule has 2 heterocycles. The molecule has 1 saturated heterocycles. The molecule has 28 heavy (non-hydrogen) atoms. The minimum absolute atomic E-state index is 0.272. The van der Waals surface area contributed by atoms with E-state index in [4.69, 9.17) is 9.15 Å². The summed E-state index contributed by atoms with van der Waals surface area (Å²) in [7, 11) is 1.70. The van der Waals surface area contributed by atoms with Gasteiger partial charge in [-0.2, -0.15) is 0 Å². The number of aryl methyl sites for hydroxylation is 1. The third kappa shape index (κ3) is 3.90. The Hall–Kier alpha value is -2.79. The van der Waals surface area contributed by atoms with E-state index in [1.165, 1.54) is 11.3 Å². The van der Waals surface area contributed by atoms with Gasteiger partial charge in [0.25, 0.3) is 0 Å². The van der Waals surface area contributed by atoms with Crippen molar-refractivity contribution >= 4 is 16.7 Å². The second-order valence-electron chi connectivity index (χ2n) is 7.24. The summed E-state index contributed by atoms with van der Waals surface area (Å²) in [4.78, 5) is 16.8. The van der Waals surface area contributed by atoms with Crippen LogP contribution in [0.1, 0.15) is 18.1 Å². The van der Waals surface area contributed by atoms with Crippen LogP contribution in [-0.4, -0.2) is 38.2 Å². The summed E-state index contributed by atoms with van der Waals surface area (Å²) in [6.07, 6.45) is 0.927. The number of methoxy groups -OCH3 is 1. The first-order valence-corrected chi connectivity index (χ1v) is 9.83. The molecule has 1 aliphatic heterocycles. The molecule has 0 atom stereocenters. The summed E-state index contributed by atoms with van der Waals surface area (Å²) in [6, 6.07) is 16.0. The van der Waals surface area contributed by atoms with Crippen LogP contribution in [0.4, 0.5) is 5.69 Å². The van der Waals surface area contributed by atoms with Crippen molar-refractivity contribution in [3.05, 3.63) is 70.1 Å². The summed E-state index contributed by atoms with van der Waals surface area (Å²) in [6.45, 7) is 6.67. The summed E-state index contributed by atoms with van der Waals surface area (Å²) in [5.41, 5.74) is 3.84. The molecule has 1 fully saturated rings. The van der Waals surface area contributed by atoms with E-state index < -0.39 is 0 Å². The van der Waals surface area contributed by atoms with Crippen LogP contribution in [0.15, 0.2) is 57.7 Å². The highest BCUT2D eigenvalue weighted by Gasteiger charge is 2.19. The van der Waals surface area contributed by atoms with Crippen molar-refractivity contribution < 1.29 is 9.15 Å². The van der Waals surface area contributed by atoms with Gasteiger partial charge in [-0.25, -0.2) is 4.79 Å². The van der Waals surface area contributed by atoms with Gasteiger partial charge in [0.1, 0.15) is 11.3 Å². The van der Waals surface area contributed by atoms with Crippen LogP contribution in [0.5, 0.6) is 5.75 Å². The van der Waals surface area contributed by atoms with E-state index in [1.54, 1.807) is 13.2 Å². The third-order valence-corrected chi connectivity index (χ3v) is 5.49. The van der Waals surface area contributed by atoms with Gasteiger partial charge >= 0.3 is 5.63 Å². The number of piperazine rings is 1. The van der Waals surface area contributed by atoms with Crippen LogP contribution in [0, 0.1) is 0 Å². The van der Waals surface area contributed by atoms with Crippen LogP contribution in [0.25, 0.3) is 11.0 Å². The maximum atomic E-state index is 12.0. The average molecular weight is 378 g/mol. The Morgan fingerprint density at radius 3 is 2.61 bits per heavy atom. The highest BCUT2D eigenvalue weighted by Crippen LogP contribution is 2.24. The highest BCUT2D eigenvalue weighted by atomic mass is 16.5. The summed E-state index contributed by atoms with van der Waals surface area (Å²) in [5.74, 6) is 0.883. The Balaban J connectivity index is 1.48. The van der Waals surface area contributed by atoms with E-state index in [1.807, 2.05) is 18.2 Å². The van der Waals surface area contributed by atoms with Crippen LogP contribution in [0.2, 0.25) is 0 Å². The van der Waals surface area contributed by atoms with Gasteiger partial charge in [-0.15, -0.1) is 0 Å². The number of anilines is 1. The molecule has 5 nitrogen and oxygen atoms in total. The second kappa shape index (κ2) is 8.07. The predicted octanol–water partition coefficient (Wildman–Crippen LogP) is 3.69. The summed E-state index contributed by atoms with van der Waals surface area (Å²) < 4.78 is 10.8. The Bertz CT molecular complexity index is 1020. The first-order valence-electron chi connectivity index (χ1n) is 9.83. The molecule has 0 unspecified atom stereocenters. The largest absolute Gasteiger partial charge is 0.497 e. The van der Waals surface area contributed by atoms with Crippen molar-refractivity contribution in [3.8, 4) is 5.75 Å². The minimum Gasteiger partial charge on any atom is -0.497 e. The molecule has 0 radical (unpaired) electrons. The highest BCUT2D eigenvalue weighted by molar-refractivity contribution is 5.80. The van der Waals surface area contributed by atoms with Crippen molar-refractivity contribution in [2.75, 3.05) is 38.2 Å². The quantitative estimate of drug-likeness (QED) is 0.634. The zero-order chi connectivity index (χ0) is 19.5. The van der Waals surface area contributed by atoms with E-state index in [0.29, 0.717) is 5.58 Å². The molecule has 5 heteroatoms. The van der Waals surface area contributed by atoms with E-state index in [0.717, 1.165) is 55.8 Å². The number of hydrogen-bond donors (Lipinski definition) is 0. The summed E-state index contributed by atoms with van der Waals surface area (Å²) in [5, 5.41) is 1.03. The molecule has 2 aromatic carbocycles. The Labute approximate surface area is 165 Å². The lowest BCUT2D eigenvalue weighted by Crippen LogP contribution is -2.46. The lowest BCUT2D eigenvalue weighted by atomic mass is 10.1. The van der Waals surface area contributed by atoms with Gasteiger partial charge in [0, 0.05) is 55.9 Å². The van der Waals surface area contributed by atoms with Gasteiger partial charge in [0.05, 0.1) is 7.11 Å². The van der Waals surface area contributed by atoms with Crippen molar-refractivity contribution in [3.63, 3.8) is 0 Å². The molecule has 0 N–H and O–H groups in total. The fourth-order valence-electron chi connectivity index (χ4n) is 3.84. The Morgan fingerprint density at radius 1 is 1.04 bits per heavy atom. The fourth-order valence-corrected chi connectivity index (χ4v) is 3.84. The van der Waals surface area contributed by atoms with Gasteiger partial charge in [0.15, 0.2) is 0 Å². The molecular weight excluding hydrogens is 352 g/mol. The van der Waals surface area contributed by atoms with Crippen LogP contribution in [-0.2, 0) is 13.0 Å². The van der Waals surface area contributed by atoms with Gasteiger partial charge in [-0.05, 0) is 35.7 Å². The maximum absolute atomic E-state index is 12.0. The number of ether oxygens (including phenoxy) is 1. The number of rotatable bonds is 5. The van der Waals surface area contributed by atoms with Gasteiger partial charge in [-0.1, -0.05) is 25.1 Å². The molecule has 0 saturated carbocycles. The Morgan fingerprint density at radius 2 is 1.86 bits per heavy atom. The predicted molar refractivity (Wildman–Crippen MR) is 112 cm³/mol. The maximum Gasteiger partial charge on any atom is 0.336 e. The summed E-state index contributed by atoms with van der Waals surface area (Å²) >= 11 is 0. The Kier molecular flexibility index (Phi) is 5.35. The normalized spacial score (nSPS) is 15.1. The average Bonchev–Trinajstić information content (AvgIpc) is 2.73. The van der Waals surface area contributed by atoms with Crippen molar-refractivity contribution in [2.45, 2.75) is 19.9 Å². The molecule has 0 amide bonds. The van der Waals surface area contributed by atoms with Crippen molar-refractivity contribution in [1.82, 2.24) is 4.90 Å². The fraction of sp³-hybridized carbons (Fsp3) is 0.348. The molecule has 1 aromatic heterocycles.